The molecule has 0 aliphatic carbocycles. The topological polar surface area (TPSA) is 68.4 Å². The van der Waals surface area contributed by atoms with Crippen LogP contribution in [0.25, 0.3) is 10.9 Å². The van der Waals surface area contributed by atoms with Crippen molar-refractivity contribution in [2.45, 2.75) is 13.3 Å². The van der Waals surface area contributed by atoms with Gasteiger partial charge in [-0.3, -0.25) is 9.59 Å². The number of rotatable bonds is 4. The lowest BCUT2D eigenvalue weighted by molar-refractivity contribution is -0.139. The number of aromatic amines is 1. The van der Waals surface area contributed by atoms with Gasteiger partial charge in [0.2, 0.25) is 0 Å². The third-order valence-corrected chi connectivity index (χ3v) is 3.03. The summed E-state index contributed by atoms with van der Waals surface area (Å²) in [6.45, 7) is 1.93. The molecule has 5 heteroatoms. The number of nitrogens with one attached hydrogen (secondary N) is 1. The Morgan fingerprint density at radius 1 is 1.26 bits per heavy atom. The number of methoxy groups -OCH3 is 2. The van der Waals surface area contributed by atoms with Crippen molar-refractivity contribution in [1.29, 1.82) is 0 Å². The average molecular weight is 261 g/mol. The lowest BCUT2D eigenvalue weighted by Gasteiger charge is -2.09. The first-order chi connectivity index (χ1) is 9.08. The van der Waals surface area contributed by atoms with E-state index in [0.717, 1.165) is 16.5 Å². The number of carbonyl (C=O) groups is 2. The van der Waals surface area contributed by atoms with Gasteiger partial charge in [-0.15, -0.1) is 0 Å². The number of H-pyrrole nitrogens is 1. The van der Waals surface area contributed by atoms with E-state index in [0.29, 0.717) is 11.3 Å². The van der Waals surface area contributed by atoms with Crippen LogP contribution in [0.1, 0.15) is 22.3 Å². The maximum Gasteiger partial charge on any atom is 0.313 e. The van der Waals surface area contributed by atoms with Gasteiger partial charge in [0.25, 0.3) is 0 Å². The molecule has 0 unspecified atom stereocenters. The standard InChI is InChI=1S/C14H15NO4/c1-8-7-15-10-5-4-9(14(19-3)13(8)10)11(16)6-12(17)18-2/h4-5,7,15H,6H2,1-3H3. The highest BCUT2D eigenvalue weighted by molar-refractivity contribution is 6.10. The molecule has 0 radical (unpaired) electrons. The third kappa shape index (κ3) is 2.31. The maximum absolute atomic E-state index is 12.1. The van der Waals surface area contributed by atoms with Crippen LogP contribution in [-0.2, 0) is 9.53 Å². The van der Waals surface area contributed by atoms with Gasteiger partial charge in [-0.05, 0) is 24.6 Å². The summed E-state index contributed by atoms with van der Waals surface area (Å²) in [4.78, 5) is 26.4. The Bertz CT molecular complexity index is 642. The summed E-state index contributed by atoms with van der Waals surface area (Å²) < 4.78 is 9.85. The zero-order valence-corrected chi connectivity index (χ0v) is 11.1. The lowest BCUT2D eigenvalue weighted by atomic mass is 10.0. The molecule has 0 fully saturated rings. The van der Waals surface area contributed by atoms with Gasteiger partial charge in [0, 0.05) is 17.1 Å². The minimum atomic E-state index is -0.557. The van der Waals surface area contributed by atoms with Crippen LogP contribution in [0, 0.1) is 6.92 Å². The van der Waals surface area contributed by atoms with E-state index in [2.05, 4.69) is 9.72 Å². The highest BCUT2D eigenvalue weighted by atomic mass is 16.5. The molecule has 19 heavy (non-hydrogen) atoms. The Labute approximate surface area is 110 Å². The Kier molecular flexibility index (Phi) is 3.55. The van der Waals surface area contributed by atoms with E-state index >= 15 is 0 Å². The number of ketones is 1. The van der Waals surface area contributed by atoms with Crippen molar-refractivity contribution in [2.75, 3.05) is 14.2 Å². The van der Waals surface area contributed by atoms with E-state index in [1.807, 2.05) is 13.1 Å². The molecule has 0 saturated heterocycles. The zero-order chi connectivity index (χ0) is 14.0. The van der Waals surface area contributed by atoms with Crippen molar-refractivity contribution >= 4 is 22.7 Å². The highest BCUT2D eigenvalue weighted by Gasteiger charge is 2.19. The molecule has 0 amide bonds. The first-order valence-electron chi connectivity index (χ1n) is 5.83. The number of esters is 1. The van der Waals surface area contributed by atoms with Crippen LogP contribution in [0.3, 0.4) is 0 Å². The summed E-state index contributed by atoms with van der Waals surface area (Å²) in [7, 11) is 2.77. The van der Waals surface area contributed by atoms with Crippen molar-refractivity contribution in [1.82, 2.24) is 4.98 Å². The van der Waals surface area contributed by atoms with Crippen molar-refractivity contribution in [3.63, 3.8) is 0 Å². The molecular weight excluding hydrogens is 246 g/mol. The van der Waals surface area contributed by atoms with E-state index < -0.39 is 5.97 Å². The Morgan fingerprint density at radius 3 is 2.63 bits per heavy atom. The Morgan fingerprint density at radius 2 is 2.00 bits per heavy atom. The number of aryl methyl sites for hydroxylation is 1. The Hall–Kier alpha value is -2.30. The number of ether oxygens (including phenoxy) is 2. The molecule has 0 aliphatic rings. The number of benzene rings is 1. The second-order valence-electron chi connectivity index (χ2n) is 4.22. The van der Waals surface area contributed by atoms with Crippen LogP contribution in [0.4, 0.5) is 0 Å². The van der Waals surface area contributed by atoms with Gasteiger partial charge in [0.05, 0.1) is 19.8 Å². The van der Waals surface area contributed by atoms with E-state index in [9.17, 15) is 9.59 Å². The molecule has 0 bridgehead atoms. The fourth-order valence-corrected chi connectivity index (χ4v) is 2.08. The number of Topliss-reactive ketones (excluding diaryl/α,β-unsaturated/α-hetero) is 1. The smallest absolute Gasteiger partial charge is 0.313 e. The van der Waals surface area contributed by atoms with Crippen LogP contribution >= 0.6 is 0 Å². The molecule has 1 N–H and O–H groups in total. The second kappa shape index (κ2) is 5.14. The third-order valence-electron chi connectivity index (χ3n) is 3.03. The minimum absolute atomic E-state index is 0.290. The SMILES string of the molecule is COC(=O)CC(=O)c1ccc2[nH]cc(C)c2c1OC. The molecule has 0 spiro atoms. The highest BCUT2D eigenvalue weighted by Crippen LogP contribution is 2.32. The molecule has 0 atom stereocenters. The number of hydrogen-bond acceptors (Lipinski definition) is 4. The van der Waals surface area contributed by atoms with Crippen LogP contribution in [0.2, 0.25) is 0 Å². The molecule has 1 aromatic carbocycles. The second-order valence-corrected chi connectivity index (χ2v) is 4.22. The van der Waals surface area contributed by atoms with Crippen molar-refractivity contribution in [2.24, 2.45) is 0 Å². The zero-order valence-electron chi connectivity index (χ0n) is 11.1. The molecule has 1 aromatic heterocycles. The van der Waals surface area contributed by atoms with Crippen molar-refractivity contribution in [3.8, 4) is 5.75 Å². The monoisotopic (exact) mass is 261 g/mol. The van der Waals surface area contributed by atoms with Crippen LogP contribution < -0.4 is 4.74 Å². The molecular formula is C14H15NO4. The van der Waals surface area contributed by atoms with E-state index in [1.165, 1.54) is 14.2 Å². The summed E-state index contributed by atoms with van der Waals surface area (Å²) in [5.41, 5.74) is 2.27. The van der Waals surface area contributed by atoms with Gasteiger partial charge in [-0.25, -0.2) is 0 Å². The van der Waals surface area contributed by atoms with Crippen LogP contribution in [0.5, 0.6) is 5.75 Å². The summed E-state index contributed by atoms with van der Waals surface area (Å²) in [6.07, 6.45) is 1.56. The van der Waals surface area contributed by atoms with Crippen LogP contribution in [-0.4, -0.2) is 31.0 Å². The summed E-state index contributed by atoms with van der Waals surface area (Å²) in [5.74, 6) is -0.380. The van der Waals surface area contributed by atoms with Crippen molar-refractivity contribution in [3.05, 3.63) is 29.5 Å². The first kappa shape index (κ1) is 13.1. The minimum Gasteiger partial charge on any atom is -0.495 e. The van der Waals surface area contributed by atoms with Crippen molar-refractivity contribution < 1.29 is 19.1 Å². The number of aromatic nitrogens is 1. The quantitative estimate of drug-likeness (QED) is 0.520. The predicted molar refractivity (Wildman–Crippen MR) is 70.6 cm³/mol. The summed E-state index contributed by atoms with van der Waals surface area (Å²) >= 11 is 0. The van der Waals surface area contributed by atoms with Crippen LogP contribution in [0.15, 0.2) is 18.3 Å². The lowest BCUT2D eigenvalue weighted by Crippen LogP contribution is -2.10. The molecule has 2 aromatic rings. The normalized spacial score (nSPS) is 10.5. The van der Waals surface area contributed by atoms with E-state index in [-0.39, 0.29) is 12.2 Å². The summed E-state index contributed by atoms with van der Waals surface area (Å²) in [5, 5.41) is 0.859. The summed E-state index contributed by atoms with van der Waals surface area (Å²) in [6, 6.07) is 3.46. The fourth-order valence-electron chi connectivity index (χ4n) is 2.08. The van der Waals surface area contributed by atoms with Gasteiger partial charge in [0.1, 0.15) is 12.2 Å². The predicted octanol–water partition coefficient (Wildman–Crippen LogP) is 2.23. The van der Waals surface area contributed by atoms with E-state index in [1.54, 1.807) is 12.1 Å². The van der Waals surface area contributed by atoms with Gasteiger partial charge >= 0.3 is 5.97 Å². The Balaban J connectivity index is 2.51. The molecule has 0 saturated carbocycles. The largest absolute Gasteiger partial charge is 0.495 e. The first-order valence-corrected chi connectivity index (χ1v) is 5.83. The number of hydrogen-bond donors (Lipinski definition) is 1. The molecule has 5 nitrogen and oxygen atoms in total. The molecule has 100 valence electrons. The number of carbonyl (C=O) groups excluding carboxylic acids is 2. The molecule has 0 aliphatic heterocycles. The number of fused-ring (bicyclic) bond motifs is 1. The fraction of sp³-hybridized carbons (Fsp3) is 0.286. The van der Waals surface area contributed by atoms with Gasteiger partial charge in [-0.2, -0.15) is 0 Å². The van der Waals surface area contributed by atoms with Gasteiger partial charge < -0.3 is 14.5 Å². The van der Waals surface area contributed by atoms with E-state index in [4.69, 9.17) is 4.74 Å². The van der Waals surface area contributed by atoms with Gasteiger partial charge in [0.15, 0.2) is 5.78 Å². The molecule has 2 rings (SSSR count). The average Bonchev–Trinajstić information content (AvgIpc) is 2.79. The maximum atomic E-state index is 12.1. The molecule has 1 heterocycles. The van der Waals surface area contributed by atoms with Gasteiger partial charge in [-0.1, -0.05) is 0 Å².